The summed E-state index contributed by atoms with van der Waals surface area (Å²) >= 11 is 0. The molecule has 1 unspecified atom stereocenters. The predicted molar refractivity (Wildman–Crippen MR) is 137 cm³/mol. The topological polar surface area (TPSA) is 71.1 Å². The highest BCUT2D eigenvalue weighted by Gasteiger charge is 2.40. The van der Waals surface area contributed by atoms with Crippen LogP contribution in [0.4, 0.5) is 0 Å². The van der Waals surface area contributed by atoms with Crippen LogP contribution in [0.1, 0.15) is 37.4 Å². The van der Waals surface area contributed by atoms with Crippen LogP contribution in [0.2, 0.25) is 0 Å². The highest BCUT2D eigenvalue weighted by Crippen LogP contribution is 2.47. The number of esters is 2. The normalized spacial score (nSPS) is 16.1. The maximum absolute atomic E-state index is 13.0. The summed E-state index contributed by atoms with van der Waals surface area (Å²) in [4.78, 5) is 25.9. The molecular formula is C30H24O6. The minimum Gasteiger partial charge on any atom is -0.497 e. The number of ether oxygens (including phenoxy) is 4. The SMILES string of the molecule is COC(=O)c1c2c(c3ccccc3c1C(=O)OC)OC(c1ccccc1)(c1ccc(OC)cc1)C=C2. The summed E-state index contributed by atoms with van der Waals surface area (Å²) in [6, 6.07) is 24.8. The van der Waals surface area contributed by atoms with Crippen LogP contribution < -0.4 is 9.47 Å². The quantitative estimate of drug-likeness (QED) is 0.338. The number of hydrogen-bond donors (Lipinski definition) is 0. The zero-order valence-electron chi connectivity index (χ0n) is 20.1. The fraction of sp³-hybridized carbons (Fsp3) is 0.133. The second kappa shape index (κ2) is 9.23. The standard InChI is InChI=1S/C30H24O6/c1-33-21-15-13-20(14-16-21)30(19-9-5-4-6-10-19)18-17-24-26(29(32)35-3)25(28(31)34-2)22-11-7-8-12-23(22)27(24)36-30/h4-18H,1-3H3. The molecule has 180 valence electrons. The van der Waals surface area contributed by atoms with E-state index in [1.54, 1.807) is 19.2 Å². The lowest BCUT2D eigenvalue weighted by molar-refractivity contribution is 0.0555. The van der Waals surface area contributed by atoms with Crippen molar-refractivity contribution in [2.24, 2.45) is 0 Å². The van der Waals surface area contributed by atoms with Gasteiger partial charge in [-0.15, -0.1) is 0 Å². The van der Waals surface area contributed by atoms with Crippen LogP contribution in [0.15, 0.2) is 84.9 Å². The molecule has 0 N–H and O–H groups in total. The van der Waals surface area contributed by atoms with Crippen molar-refractivity contribution >= 4 is 28.8 Å². The van der Waals surface area contributed by atoms with Gasteiger partial charge in [-0.3, -0.25) is 0 Å². The van der Waals surface area contributed by atoms with Gasteiger partial charge in [0.05, 0.1) is 32.5 Å². The van der Waals surface area contributed by atoms with Crippen LogP contribution in [0, 0.1) is 0 Å². The first-order chi connectivity index (χ1) is 17.5. The van der Waals surface area contributed by atoms with E-state index in [1.165, 1.54) is 14.2 Å². The smallest absolute Gasteiger partial charge is 0.339 e. The van der Waals surface area contributed by atoms with Crippen LogP contribution in [0.3, 0.4) is 0 Å². The number of fused-ring (bicyclic) bond motifs is 3. The first-order valence-electron chi connectivity index (χ1n) is 11.4. The second-order valence-corrected chi connectivity index (χ2v) is 8.29. The van der Waals surface area contributed by atoms with Crippen LogP contribution in [-0.4, -0.2) is 33.3 Å². The van der Waals surface area contributed by atoms with Gasteiger partial charge in [0.2, 0.25) is 0 Å². The summed E-state index contributed by atoms with van der Waals surface area (Å²) in [5.41, 5.74) is 1.48. The molecule has 0 radical (unpaired) electrons. The molecule has 0 bridgehead atoms. The highest BCUT2D eigenvalue weighted by molar-refractivity contribution is 6.17. The van der Waals surface area contributed by atoms with Gasteiger partial charge < -0.3 is 18.9 Å². The maximum Gasteiger partial charge on any atom is 0.339 e. The van der Waals surface area contributed by atoms with E-state index in [9.17, 15) is 9.59 Å². The molecular weight excluding hydrogens is 456 g/mol. The molecule has 6 nitrogen and oxygen atoms in total. The van der Waals surface area contributed by atoms with Gasteiger partial charge >= 0.3 is 11.9 Å². The predicted octanol–water partition coefficient (Wildman–Crippen LogP) is 5.77. The van der Waals surface area contributed by atoms with Crippen molar-refractivity contribution in [2.75, 3.05) is 21.3 Å². The number of carbonyl (C=O) groups is 2. The lowest BCUT2D eigenvalue weighted by atomic mass is 9.82. The molecule has 4 aromatic carbocycles. The van der Waals surface area contributed by atoms with Crippen LogP contribution in [-0.2, 0) is 15.1 Å². The van der Waals surface area contributed by atoms with Gasteiger partial charge in [0.25, 0.3) is 0 Å². The van der Waals surface area contributed by atoms with Gasteiger partial charge in [0.15, 0.2) is 5.60 Å². The van der Waals surface area contributed by atoms with E-state index in [-0.39, 0.29) is 11.1 Å². The Labute approximate surface area is 208 Å². The Bertz CT molecular complexity index is 1490. The molecule has 1 aliphatic heterocycles. The van der Waals surface area contributed by atoms with Crippen molar-refractivity contribution in [2.45, 2.75) is 5.60 Å². The summed E-state index contributed by atoms with van der Waals surface area (Å²) < 4.78 is 22.4. The molecule has 0 spiro atoms. The molecule has 0 fully saturated rings. The lowest BCUT2D eigenvalue weighted by Crippen LogP contribution is -2.35. The molecule has 0 saturated heterocycles. The van der Waals surface area contributed by atoms with Crippen molar-refractivity contribution in [3.8, 4) is 11.5 Å². The maximum atomic E-state index is 13.0. The van der Waals surface area contributed by atoms with Gasteiger partial charge in [0.1, 0.15) is 11.5 Å². The van der Waals surface area contributed by atoms with Gasteiger partial charge in [0, 0.05) is 27.5 Å². The summed E-state index contributed by atoms with van der Waals surface area (Å²) in [6.07, 6.45) is 3.72. The van der Waals surface area contributed by atoms with Gasteiger partial charge in [-0.2, -0.15) is 0 Å². The summed E-state index contributed by atoms with van der Waals surface area (Å²) in [5.74, 6) is -0.0794. The zero-order chi connectivity index (χ0) is 25.3. The molecule has 1 atom stereocenters. The van der Waals surface area contributed by atoms with Crippen molar-refractivity contribution in [1.29, 1.82) is 0 Å². The molecule has 5 rings (SSSR count). The van der Waals surface area contributed by atoms with Crippen molar-refractivity contribution in [3.63, 3.8) is 0 Å². The molecule has 1 aliphatic rings. The van der Waals surface area contributed by atoms with Gasteiger partial charge in [-0.1, -0.05) is 66.7 Å². The third-order valence-electron chi connectivity index (χ3n) is 6.45. The van der Waals surface area contributed by atoms with E-state index < -0.39 is 17.5 Å². The lowest BCUT2D eigenvalue weighted by Gasteiger charge is -2.37. The molecule has 4 aromatic rings. The third-order valence-corrected chi connectivity index (χ3v) is 6.45. The van der Waals surface area contributed by atoms with Crippen molar-refractivity contribution in [1.82, 2.24) is 0 Å². The van der Waals surface area contributed by atoms with Gasteiger partial charge in [-0.05, 0) is 24.3 Å². The minimum atomic E-state index is -0.997. The zero-order valence-corrected chi connectivity index (χ0v) is 20.1. The molecule has 0 saturated carbocycles. The number of carbonyl (C=O) groups excluding carboxylic acids is 2. The summed E-state index contributed by atoms with van der Waals surface area (Å²) in [6.45, 7) is 0. The number of benzene rings is 4. The Balaban J connectivity index is 1.84. The van der Waals surface area contributed by atoms with Gasteiger partial charge in [-0.25, -0.2) is 9.59 Å². The van der Waals surface area contributed by atoms with Crippen LogP contribution >= 0.6 is 0 Å². The van der Waals surface area contributed by atoms with E-state index in [4.69, 9.17) is 18.9 Å². The van der Waals surface area contributed by atoms with Crippen molar-refractivity contribution < 1.29 is 28.5 Å². The Morgan fingerprint density at radius 2 is 1.28 bits per heavy atom. The molecule has 1 heterocycles. The third kappa shape index (κ3) is 3.58. The van der Waals surface area contributed by atoms with Crippen LogP contribution in [0.5, 0.6) is 11.5 Å². The van der Waals surface area contributed by atoms with E-state index in [0.29, 0.717) is 22.1 Å². The van der Waals surface area contributed by atoms with E-state index in [1.807, 2.05) is 78.9 Å². The molecule has 36 heavy (non-hydrogen) atoms. The fourth-order valence-electron chi connectivity index (χ4n) is 4.72. The monoisotopic (exact) mass is 480 g/mol. The second-order valence-electron chi connectivity index (χ2n) is 8.29. The Kier molecular flexibility index (Phi) is 5.94. The van der Waals surface area contributed by atoms with Crippen LogP contribution in [0.25, 0.3) is 16.8 Å². The molecule has 0 aromatic heterocycles. The average Bonchev–Trinajstić information content (AvgIpc) is 2.95. The fourth-order valence-corrected chi connectivity index (χ4v) is 4.72. The number of methoxy groups -OCH3 is 3. The Morgan fingerprint density at radius 3 is 1.92 bits per heavy atom. The Hall–Kier alpha value is -4.58. The Morgan fingerprint density at radius 1 is 0.694 bits per heavy atom. The highest BCUT2D eigenvalue weighted by atomic mass is 16.5. The molecule has 6 heteroatoms. The first-order valence-corrected chi connectivity index (χ1v) is 11.4. The van der Waals surface area contributed by atoms with E-state index in [2.05, 4.69) is 0 Å². The van der Waals surface area contributed by atoms with E-state index >= 15 is 0 Å². The largest absolute Gasteiger partial charge is 0.497 e. The number of rotatable bonds is 5. The van der Waals surface area contributed by atoms with Crippen molar-refractivity contribution in [3.05, 3.63) is 113 Å². The number of hydrogen-bond acceptors (Lipinski definition) is 6. The molecule has 0 aliphatic carbocycles. The minimum absolute atomic E-state index is 0.102. The average molecular weight is 481 g/mol. The molecule has 0 amide bonds. The summed E-state index contributed by atoms with van der Waals surface area (Å²) in [5, 5.41) is 1.22. The first kappa shape index (κ1) is 23.2. The summed E-state index contributed by atoms with van der Waals surface area (Å²) in [7, 11) is 4.19. The van der Waals surface area contributed by atoms with E-state index in [0.717, 1.165) is 16.9 Å².